The second kappa shape index (κ2) is 7.99. The molecule has 0 amide bonds. The molecule has 1 atom stereocenters. The predicted octanol–water partition coefficient (Wildman–Crippen LogP) is 1.86. The summed E-state index contributed by atoms with van der Waals surface area (Å²) in [5.74, 6) is -0.546. The van der Waals surface area contributed by atoms with Crippen LogP contribution in [0.2, 0.25) is 0 Å². The molecule has 0 aromatic heterocycles. The quantitative estimate of drug-likeness (QED) is 0.725. The molecule has 7 heteroatoms. The zero-order chi connectivity index (χ0) is 15.9. The minimum absolute atomic E-state index is 0.0533. The van der Waals surface area contributed by atoms with Crippen molar-refractivity contribution in [2.75, 3.05) is 13.2 Å². The minimum Gasteiger partial charge on any atom is -0.494 e. The van der Waals surface area contributed by atoms with Crippen LogP contribution in [0.3, 0.4) is 0 Å². The fourth-order valence-electron chi connectivity index (χ4n) is 1.80. The normalized spacial score (nSPS) is 12.9. The van der Waals surface area contributed by atoms with E-state index in [1.165, 1.54) is 12.1 Å². The maximum absolute atomic E-state index is 12.1. The van der Waals surface area contributed by atoms with Gasteiger partial charge in [-0.1, -0.05) is 13.3 Å². The SMILES string of the molecule is CCOc1ccc(S(=O)(=O)NCC(CC)CC(=O)O)cc1. The van der Waals surface area contributed by atoms with Gasteiger partial charge in [-0.15, -0.1) is 0 Å². The van der Waals surface area contributed by atoms with Crippen LogP contribution in [0.15, 0.2) is 29.2 Å². The summed E-state index contributed by atoms with van der Waals surface area (Å²) in [6.45, 7) is 4.30. The molecule has 1 unspecified atom stereocenters. The lowest BCUT2D eigenvalue weighted by atomic mass is 10.0. The molecule has 2 N–H and O–H groups in total. The van der Waals surface area contributed by atoms with Gasteiger partial charge in [0.1, 0.15) is 5.75 Å². The number of carboxylic acid groups (broad SMARTS) is 1. The van der Waals surface area contributed by atoms with E-state index in [4.69, 9.17) is 9.84 Å². The van der Waals surface area contributed by atoms with E-state index in [0.29, 0.717) is 18.8 Å². The van der Waals surface area contributed by atoms with Crippen LogP contribution in [0.5, 0.6) is 5.75 Å². The van der Waals surface area contributed by atoms with Gasteiger partial charge in [0.15, 0.2) is 0 Å². The van der Waals surface area contributed by atoms with Gasteiger partial charge < -0.3 is 9.84 Å². The Bertz CT molecular complexity index is 553. The number of ether oxygens (including phenoxy) is 1. The molecule has 0 radical (unpaired) electrons. The van der Waals surface area contributed by atoms with Crippen molar-refractivity contribution < 1.29 is 23.1 Å². The second-order valence-electron chi connectivity index (χ2n) is 4.63. The van der Waals surface area contributed by atoms with Crippen molar-refractivity contribution in [3.05, 3.63) is 24.3 Å². The number of rotatable bonds is 9. The van der Waals surface area contributed by atoms with Gasteiger partial charge in [0.25, 0.3) is 0 Å². The average Bonchev–Trinajstić information content (AvgIpc) is 2.44. The Morgan fingerprint density at radius 1 is 1.29 bits per heavy atom. The van der Waals surface area contributed by atoms with Crippen LogP contribution in [-0.2, 0) is 14.8 Å². The fraction of sp³-hybridized carbons (Fsp3) is 0.500. The highest BCUT2D eigenvalue weighted by molar-refractivity contribution is 7.89. The molecular formula is C14H21NO5S. The zero-order valence-corrected chi connectivity index (χ0v) is 13.0. The molecule has 0 heterocycles. The number of hydrogen-bond acceptors (Lipinski definition) is 4. The smallest absolute Gasteiger partial charge is 0.303 e. The lowest BCUT2D eigenvalue weighted by molar-refractivity contribution is -0.138. The van der Waals surface area contributed by atoms with Crippen molar-refractivity contribution in [2.24, 2.45) is 5.92 Å². The monoisotopic (exact) mass is 315 g/mol. The zero-order valence-electron chi connectivity index (χ0n) is 12.2. The van der Waals surface area contributed by atoms with E-state index in [0.717, 1.165) is 0 Å². The number of aliphatic carboxylic acids is 1. The standard InChI is InChI=1S/C14H21NO5S/c1-3-11(9-14(16)17)10-15-21(18,19)13-7-5-12(6-8-13)20-4-2/h5-8,11,15H,3-4,9-10H2,1-2H3,(H,16,17). The van der Waals surface area contributed by atoms with E-state index in [9.17, 15) is 13.2 Å². The maximum atomic E-state index is 12.1. The molecule has 0 bridgehead atoms. The Kier molecular flexibility index (Phi) is 6.64. The first kappa shape index (κ1) is 17.5. The van der Waals surface area contributed by atoms with E-state index >= 15 is 0 Å². The van der Waals surface area contributed by atoms with E-state index in [2.05, 4.69) is 4.72 Å². The summed E-state index contributed by atoms with van der Waals surface area (Å²) in [5, 5.41) is 8.75. The Labute approximate surface area is 125 Å². The van der Waals surface area contributed by atoms with Crippen molar-refractivity contribution in [2.45, 2.75) is 31.6 Å². The highest BCUT2D eigenvalue weighted by atomic mass is 32.2. The second-order valence-corrected chi connectivity index (χ2v) is 6.40. The molecule has 118 valence electrons. The lowest BCUT2D eigenvalue weighted by Crippen LogP contribution is -2.30. The molecule has 21 heavy (non-hydrogen) atoms. The van der Waals surface area contributed by atoms with Crippen molar-refractivity contribution in [3.63, 3.8) is 0 Å². The summed E-state index contributed by atoms with van der Waals surface area (Å²) in [5.41, 5.74) is 0. The molecule has 1 aromatic rings. The van der Waals surface area contributed by atoms with Crippen molar-refractivity contribution >= 4 is 16.0 Å². The minimum atomic E-state index is -3.63. The topological polar surface area (TPSA) is 92.7 Å². The summed E-state index contributed by atoms with van der Waals surface area (Å²) >= 11 is 0. The van der Waals surface area contributed by atoms with E-state index in [-0.39, 0.29) is 23.8 Å². The Hall–Kier alpha value is -1.60. The van der Waals surface area contributed by atoms with Crippen LogP contribution in [0.4, 0.5) is 0 Å². The third-order valence-corrected chi connectivity index (χ3v) is 4.49. The first-order valence-corrected chi connectivity index (χ1v) is 8.31. The molecule has 0 spiro atoms. The lowest BCUT2D eigenvalue weighted by Gasteiger charge is -2.14. The molecule has 0 saturated heterocycles. The maximum Gasteiger partial charge on any atom is 0.303 e. The van der Waals surface area contributed by atoms with Crippen LogP contribution in [0.1, 0.15) is 26.7 Å². The number of nitrogens with one attached hydrogen (secondary N) is 1. The summed E-state index contributed by atoms with van der Waals surface area (Å²) in [7, 11) is -3.63. The third-order valence-electron chi connectivity index (χ3n) is 3.05. The van der Waals surface area contributed by atoms with Gasteiger partial charge in [-0.25, -0.2) is 13.1 Å². The van der Waals surface area contributed by atoms with Crippen LogP contribution in [0, 0.1) is 5.92 Å². The molecule has 0 aliphatic carbocycles. The van der Waals surface area contributed by atoms with E-state index in [1.807, 2.05) is 13.8 Å². The van der Waals surface area contributed by atoms with Gasteiger partial charge in [-0.3, -0.25) is 4.79 Å². The third kappa shape index (κ3) is 5.73. The first-order chi connectivity index (χ1) is 9.89. The van der Waals surface area contributed by atoms with Crippen molar-refractivity contribution in [3.8, 4) is 5.75 Å². The fourth-order valence-corrected chi connectivity index (χ4v) is 2.92. The van der Waals surface area contributed by atoms with Crippen molar-refractivity contribution in [1.29, 1.82) is 0 Å². The number of carboxylic acids is 1. The summed E-state index contributed by atoms with van der Waals surface area (Å²) < 4.78 is 31.9. The predicted molar refractivity (Wildman–Crippen MR) is 78.8 cm³/mol. The van der Waals surface area contributed by atoms with E-state index in [1.54, 1.807) is 12.1 Å². The van der Waals surface area contributed by atoms with Gasteiger partial charge in [-0.2, -0.15) is 0 Å². The number of hydrogen-bond donors (Lipinski definition) is 2. The van der Waals surface area contributed by atoms with Crippen LogP contribution in [0.25, 0.3) is 0 Å². The van der Waals surface area contributed by atoms with Crippen LogP contribution >= 0.6 is 0 Å². The summed E-state index contributed by atoms with van der Waals surface area (Å²) in [6, 6.07) is 6.11. The molecule has 1 aromatic carbocycles. The molecular weight excluding hydrogens is 294 g/mol. The highest BCUT2D eigenvalue weighted by Crippen LogP contribution is 2.16. The van der Waals surface area contributed by atoms with Gasteiger partial charge in [0.2, 0.25) is 10.0 Å². The van der Waals surface area contributed by atoms with E-state index < -0.39 is 16.0 Å². The molecule has 6 nitrogen and oxygen atoms in total. The first-order valence-electron chi connectivity index (χ1n) is 6.83. The Morgan fingerprint density at radius 2 is 1.90 bits per heavy atom. The molecule has 0 saturated carbocycles. The van der Waals surface area contributed by atoms with Crippen molar-refractivity contribution in [1.82, 2.24) is 4.72 Å². The molecule has 0 aliphatic rings. The Balaban J connectivity index is 2.70. The average molecular weight is 315 g/mol. The molecule has 0 aliphatic heterocycles. The van der Waals surface area contributed by atoms with Gasteiger partial charge in [0.05, 0.1) is 11.5 Å². The van der Waals surface area contributed by atoms with Gasteiger partial charge in [0, 0.05) is 13.0 Å². The van der Waals surface area contributed by atoms with Gasteiger partial charge >= 0.3 is 5.97 Å². The van der Waals surface area contributed by atoms with Gasteiger partial charge in [-0.05, 0) is 37.1 Å². The Morgan fingerprint density at radius 3 is 2.38 bits per heavy atom. The van der Waals surface area contributed by atoms with Crippen LogP contribution < -0.4 is 9.46 Å². The number of benzene rings is 1. The highest BCUT2D eigenvalue weighted by Gasteiger charge is 2.18. The largest absolute Gasteiger partial charge is 0.494 e. The van der Waals surface area contributed by atoms with Crippen LogP contribution in [-0.4, -0.2) is 32.6 Å². The number of carbonyl (C=O) groups is 1. The summed E-state index contributed by atoms with van der Waals surface area (Å²) in [6.07, 6.45) is 0.542. The molecule has 1 rings (SSSR count). The molecule has 0 fully saturated rings. The number of sulfonamides is 1. The summed E-state index contributed by atoms with van der Waals surface area (Å²) in [4.78, 5) is 10.8.